The number of carbonyl (C=O) groups excluding carboxylic acids is 4. The Labute approximate surface area is 376 Å². The standard InChI is InChI=1S/C50H65N7O7/c1-10-39-35(18-20-51-39)47(60)55(8)44(29(3)4)46(59)53-41-24-31-22-33(25-34(58)23-31)32-16-17-42-37(26-32)38(45(56(42)11-2)36-14-12-19-52-43(36)30(5)63-9)27-50(6,7)28-64-49(62)40-15-13-21-57(54-40)48(41)61/h12,14,16-17,19,22-23,25-26,29-30,35,39-40,44,51,54,58H,10-11,13,15,18,20-21,24,27-28H2,1-9H3/t30-,35?,39?,40-,44-/m0/s1. The topological polar surface area (TPSA) is 168 Å². The molecule has 2 fully saturated rings. The van der Waals surface area contributed by atoms with Gasteiger partial charge in [-0.1, -0.05) is 46.8 Å². The minimum absolute atomic E-state index is 0.0122. The van der Waals surface area contributed by atoms with Crippen molar-refractivity contribution in [2.45, 2.75) is 118 Å². The zero-order valence-corrected chi connectivity index (χ0v) is 38.9. The highest BCUT2D eigenvalue weighted by Gasteiger charge is 2.39. The number of cyclic esters (lactones) is 1. The molecule has 3 aliphatic heterocycles. The third-order valence-corrected chi connectivity index (χ3v) is 13.2. The molecular weight excluding hydrogens is 811 g/mol. The average Bonchev–Trinajstić information content (AvgIpc) is 3.88. The first kappa shape index (κ1) is 46.5. The first-order valence-electron chi connectivity index (χ1n) is 22.9. The van der Waals surface area contributed by atoms with Gasteiger partial charge in [-0.05, 0) is 117 Å². The zero-order valence-electron chi connectivity index (χ0n) is 38.9. The van der Waals surface area contributed by atoms with Crippen LogP contribution in [0.25, 0.3) is 33.3 Å². The molecule has 0 saturated carbocycles. The number of pyridine rings is 1. The molecule has 4 aromatic rings. The van der Waals surface area contributed by atoms with Crippen molar-refractivity contribution in [1.29, 1.82) is 0 Å². The van der Waals surface area contributed by atoms with E-state index in [1.54, 1.807) is 32.5 Å². The van der Waals surface area contributed by atoms with E-state index in [1.807, 2.05) is 45.9 Å². The number of aliphatic imine (C=N–C) groups is 1. The number of phenols is 1. The molecule has 14 heteroatoms. The van der Waals surface area contributed by atoms with Gasteiger partial charge < -0.3 is 29.4 Å². The largest absolute Gasteiger partial charge is 0.508 e. The molecule has 5 atom stereocenters. The van der Waals surface area contributed by atoms with Crippen LogP contribution in [0, 0.1) is 17.3 Å². The van der Waals surface area contributed by atoms with Gasteiger partial charge in [0.1, 0.15) is 23.5 Å². The summed E-state index contributed by atoms with van der Waals surface area (Å²) in [6.45, 7) is 15.8. The summed E-state index contributed by atoms with van der Waals surface area (Å²) in [6.07, 6.45) is 4.36. The van der Waals surface area contributed by atoms with Crippen LogP contribution >= 0.6 is 0 Å². The number of aryl methyl sites for hydroxylation is 1. The first-order valence-corrected chi connectivity index (χ1v) is 22.9. The molecule has 342 valence electrons. The van der Waals surface area contributed by atoms with Gasteiger partial charge in [-0.2, -0.15) is 0 Å². The van der Waals surface area contributed by atoms with E-state index in [2.05, 4.69) is 59.3 Å². The molecule has 2 unspecified atom stereocenters. The summed E-state index contributed by atoms with van der Waals surface area (Å²) in [7, 11) is 3.32. The van der Waals surface area contributed by atoms with Crippen molar-refractivity contribution in [2.24, 2.45) is 22.2 Å². The number of phenolic OH excluding ortho intramolecular Hbond substituents is 1. The summed E-state index contributed by atoms with van der Waals surface area (Å²) in [5, 5.41) is 17.1. The van der Waals surface area contributed by atoms with Crippen LogP contribution in [0.2, 0.25) is 0 Å². The maximum absolute atomic E-state index is 14.6. The zero-order chi connectivity index (χ0) is 46.0. The minimum atomic E-state index is -0.930. The molecule has 3 aliphatic rings. The van der Waals surface area contributed by atoms with Crippen LogP contribution in [0.5, 0.6) is 5.75 Å². The predicted molar refractivity (Wildman–Crippen MR) is 247 cm³/mol. The van der Waals surface area contributed by atoms with Crippen LogP contribution in [0.4, 0.5) is 0 Å². The Balaban J connectivity index is 1.37. The SMILES string of the molecule is CCC1NCCC1C(=O)N(C)[C@H](C(=O)N=C1Cc2cc(O)cc(c2)-c2ccc3c(c2)c(c(-c2cccnc2[C@H](C)OC)n3CC)CC(C)(C)COC(=O)[C@@H]2CCCN(N2)C1=O)C(C)C. The molecule has 2 aromatic heterocycles. The summed E-state index contributed by atoms with van der Waals surface area (Å²) >= 11 is 0. The van der Waals surface area contributed by atoms with E-state index in [-0.39, 0.29) is 60.9 Å². The van der Waals surface area contributed by atoms with Crippen molar-refractivity contribution in [3.63, 3.8) is 0 Å². The van der Waals surface area contributed by atoms with Crippen molar-refractivity contribution < 1.29 is 33.8 Å². The molecule has 3 N–H and O–H groups in total. The number of amides is 3. The molecule has 5 heterocycles. The number of benzene rings is 2. The smallest absolute Gasteiger partial charge is 0.324 e. The molecular formula is C50H65N7O7. The Morgan fingerprint density at radius 2 is 1.86 bits per heavy atom. The van der Waals surface area contributed by atoms with Crippen molar-refractivity contribution >= 4 is 40.3 Å². The lowest BCUT2D eigenvalue weighted by Crippen LogP contribution is -2.57. The van der Waals surface area contributed by atoms with Crippen LogP contribution in [0.1, 0.15) is 97.1 Å². The fourth-order valence-electron chi connectivity index (χ4n) is 9.91. The fourth-order valence-corrected chi connectivity index (χ4v) is 9.91. The van der Waals surface area contributed by atoms with Crippen molar-refractivity contribution in [1.82, 2.24) is 30.2 Å². The number of likely N-dealkylation sites (N-methyl/N-ethyl adjacent to an activating group) is 1. The van der Waals surface area contributed by atoms with E-state index in [0.717, 1.165) is 51.9 Å². The number of carbonyl (C=O) groups is 4. The van der Waals surface area contributed by atoms with E-state index in [9.17, 15) is 24.3 Å². The lowest BCUT2D eigenvalue weighted by molar-refractivity contribution is -0.153. The highest BCUT2D eigenvalue weighted by atomic mass is 16.5. The van der Waals surface area contributed by atoms with Gasteiger partial charge in [0.05, 0.1) is 30.0 Å². The number of fused-ring (bicyclic) bond motifs is 6. The Bertz CT molecular complexity index is 2440. The van der Waals surface area contributed by atoms with Crippen molar-refractivity contribution in [3.05, 3.63) is 71.5 Å². The van der Waals surface area contributed by atoms with Crippen molar-refractivity contribution in [3.8, 4) is 28.1 Å². The van der Waals surface area contributed by atoms with E-state index in [1.165, 1.54) is 9.91 Å². The van der Waals surface area contributed by atoms with Crippen LogP contribution in [0.3, 0.4) is 0 Å². The van der Waals surface area contributed by atoms with Crippen LogP contribution in [0.15, 0.2) is 59.7 Å². The van der Waals surface area contributed by atoms with Gasteiger partial charge in [0.2, 0.25) is 5.91 Å². The molecule has 0 radical (unpaired) electrons. The second-order valence-corrected chi connectivity index (χ2v) is 18.8. The molecule has 6 bridgehead atoms. The van der Waals surface area contributed by atoms with Gasteiger partial charge in [-0.15, -0.1) is 0 Å². The molecule has 2 saturated heterocycles. The Morgan fingerprint density at radius 1 is 1.08 bits per heavy atom. The number of nitrogens with one attached hydrogen (secondary N) is 2. The summed E-state index contributed by atoms with van der Waals surface area (Å²) < 4.78 is 14.2. The summed E-state index contributed by atoms with van der Waals surface area (Å²) in [6, 6.07) is 13.7. The lowest BCUT2D eigenvalue weighted by Gasteiger charge is -2.34. The van der Waals surface area contributed by atoms with Crippen LogP contribution in [-0.4, -0.2) is 106 Å². The third-order valence-electron chi connectivity index (χ3n) is 13.2. The number of aromatic nitrogens is 2. The first-order chi connectivity index (χ1) is 30.5. The summed E-state index contributed by atoms with van der Waals surface area (Å²) in [5.41, 5.74) is 9.45. The average molecular weight is 876 g/mol. The fraction of sp³-hybridized carbons (Fsp3) is 0.520. The predicted octanol–water partition coefficient (Wildman–Crippen LogP) is 6.81. The highest BCUT2D eigenvalue weighted by molar-refractivity contribution is 6.40. The van der Waals surface area contributed by atoms with E-state index in [4.69, 9.17) is 14.5 Å². The number of hydrazine groups is 1. The number of rotatable bonds is 9. The summed E-state index contributed by atoms with van der Waals surface area (Å²) in [4.78, 5) is 67.7. The van der Waals surface area contributed by atoms with Crippen molar-refractivity contribution in [2.75, 3.05) is 33.9 Å². The second kappa shape index (κ2) is 19.3. The summed E-state index contributed by atoms with van der Waals surface area (Å²) in [5.74, 6) is -2.39. The van der Waals surface area contributed by atoms with Gasteiger partial charge >= 0.3 is 5.97 Å². The third kappa shape index (κ3) is 9.50. The van der Waals surface area contributed by atoms with Crippen LogP contribution in [-0.2, 0) is 48.0 Å². The molecule has 3 amide bonds. The molecule has 14 nitrogen and oxygen atoms in total. The Morgan fingerprint density at radius 3 is 2.58 bits per heavy atom. The number of methoxy groups -OCH3 is 1. The maximum Gasteiger partial charge on any atom is 0.324 e. The highest BCUT2D eigenvalue weighted by Crippen LogP contribution is 2.42. The number of nitrogens with zero attached hydrogens (tertiary/aromatic N) is 5. The van der Waals surface area contributed by atoms with Crippen LogP contribution < -0.4 is 10.7 Å². The molecule has 0 aliphatic carbocycles. The molecule has 64 heavy (non-hydrogen) atoms. The van der Waals surface area contributed by atoms with Gasteiger partial charge in [0.15, 0.2) is 0 Å². The number of hydrogen-bond acceptors (Lipinski definition) is 10. The van der Waals surface area contributed by atoms with Gasteiger partial charge in [-0.25, -0.2) is 10.4 Å². The number of esters is 1. The lowest BCUT2D eigenvalue weighted by atomic mass is 9.84. The van der Waals surface area contributed by atoms with E-state index in [0.29, 0.717) is 43.4 Å². The quantitative estimate of drug-likeness (QED) is 0.152. The minimum Gasteiger partial charge on any atom is -0.508 e. The molecule has 7 rings (SSSR count). The van der Waals surface area contributed by atoms with Gasteiger partial charge in [-0.3, -0.25) is 29.2 Å². The van der Waals surface area contributed by atoms with Gasteiger partial charge in [0.25, 0.3) is 11.8 Å². The number of ether oxygens (including phenoxy) is 2. The molecule has 0 spiro atoms. The van der Waals surface area contributed by atoms with Gasteiger partial charge in [0, 0.05) is 67.8 Å². The van der Waals surface area contributed by atoms with E-state index < -0.39 is 35.3 Å². The maximum atomic E-state index is 14.6. The Hall–Kier alpha value is -5.44. The number of aromatic hydroxyl groups is 1. The molecule has 2 aromatic carbocycles. The normalized spacial score (nSPS) is 22.1. The number of hydrogen-bond donors (Lipinski definition) is 3. The Kier molecular flexibility index (Phi) is 14.1. The second-order valence-electron chi connectivity index (χ2n) is 18.8. The van der Waals surface area contributed by atoms with E-state index >= 15 is 0 Å². The monoisotopic (exact) mass is 875 g/mol.